The summed E-state index contributed by atoms with van der Waals surface area (Å²) in [6, 6.07) is 13.0. The summed E-state index contributed by atoms with van der Waals surface area (Å²) in [4.78, 5) is 13.3. The standard InChI is InChI=1S/C18H17N3O3S2/c1-23-12-5-6-13(15(10-12)24-2)19-17(22)11-26-18-8-7-14(20-21-18)16-4-3-9-25-16/h3-10H,11H2,1-2H3,(H,19,22). The Labute approximate surface area is 159 Å². The largest absolute Gasteiger partial charge is 0.497 e. The summed E-state index contributed by atoms with van der Waals surface area (Å²) < 4.78 is 10.4. The van der Waals surface area contributed by atoms with Crippen LogP contribution in [0.25, 0.3) is 10.6 Å². The van der Waals surface area contributed by atoms with E-state index >= 15 is 0 Å². The van der Waals surface area contributed by atoms with Gasteiger partial charge in [-0.05, 0) is 35.7 Å². The average Bonchev–Trinajstić information content (AvgIpc) is 3.22. The highest BCUT2D eigenvalue weighted by Crippen LogP contribution is 2.29. The minimum Gasteiger partial charge on any atom is -0.497 e. The Kier molecular flexibility index (Phi) is 6.08. The summed E-state index contributed by atoms with van der Waals surface area (Å²) in [5.74, 6) is 1.28. The third-order valence-electron chi connectivity index (χ3n) is 3.45. The van der Waals surface area contributed by atoms with Crippen LogP contribution < -0.4 is 14.8 Å². The Morgan fingerprint density at radius 1 is 1.15 bits per heavy atom. The summed E-state index contributed by atoms with van der Waals surface area (Å²) in [6.07, 6.45) is 0. The summed E-state index contributed by atoms with van der Waals surface area (Å²) in [6.45, 7) is 0. The molecule has 0 aliphatic heterocycles. The number of carbonyl (C=O) groups excluding carboxylic acids is 1. The van der Waals surface area contributed by atoms with Gasteiger partial charge in [-0.2, -0.15) is 0 Å². The Bertz CT molecular complexity index is 868. The zero-order valence-corrected chi connectivity index (χ0v) is 15.9. The highest BCUT2D eigenvalue weighted by Gasteiger charge is 2.10. The third-order valence-corrected chi connectivity index (χ3v) is 5.26. The lowest BCUT2D eigenvalue weighted by atomic mass is 10.2. The molecule has 0 spiro atoms. The molecule has 2 aromatic heterocycles. The van der Waals surface area contributed by atoms with E-state index in [1.807, 2.05) is 29.6 Å². The van der Waals surface area contributed by atoms with Crippen molar-refractivity contribution in [3.8, 4) is 22.1 Å². The van der Waals surface area contributed by atoms with Crippen molar-refractivity contribution < 1.29 is 14.3 Å². The maximum absolute atomic E-state index is 12.2. The lowest BCUT2D eigenvalue weighted by Gasteiger charge is -2.11. The quantitative estimate of drug-likeness (QED) is 0.619. The lowest BCUT2D eigenvalue weighted by Crippen LogP contribution is -2.14. The van der Waals surface area contributed by atoms with Crippen molar-refractivity contribution in [2.75, 3.05) is 25.3 Å². The van der Waals surface area contributed by atoms with E-state index < -0.39 is 0 Å². The molecule has 6 nitrogen and oxygen atoms in total. The Morgan fingerprint density at radius 2 is 2.04 bits per heavy atom. The van der Waals surface area contributed by atoms with Crippen LogP contribution in [-0.2, 0) is 4.79 Å². The van der Waals surface area contributed by atoms with E-state index in [0.717, 1.165) is 10.6 Å². The van der Waals surface area contributed by atoms with Gasteiger partial charge in [0.25, 0.3) is 0 Å². The number of amides is 1. The predicted molar refractivity (Wildman–Crippen MR) is 104 cm³/mol. The number of hydrogen-bond acceptors (Lipinski definition) is 7. The normalized spacial score (nSPS) is 10.4. The van der Waals surface area contributed by atoms with E-state index in [2.05, 4.69) is 15.5 Å². The third kappa shape index (κ3) is 4.53. The summed E-state index contributed by atoms with van der Waals surface area (Å²) in [5.41, 5.74) is 1.43. The number of carbonyl (C=O) groups is 1. The van der Waals surface area contributed by atoms with Crippen molar-refractivity contribution in [2.24, 2.45) is 0 Å². The molecule has 0 radical (unpaired) electrons. The molecule has 0 unspecified atom stereocenters. The first-order valence-electron chi connectivity index (χ1n) is 7.72. The van der Waals surface area contributed by atoms with Gasteiger partial charge in [0.1, 0.15) is 22.2 Å². The second-order valence-electron chi connectivity index (χ2n) is 5.14. The SMILES string of the molecule is COc1ccc(NC(=O)CSc2ccc(-c3cccs3)nn2)c(OC)c1. The van der Waals surface area contributed by atoms with Crippen LogP contribution in [0.1, 0.15) is 0 Å². The molecule has 1 N–H and O–H groups in total. The number of methoxy groups -OCH3 is 2. The van der Waals surface area contributed by atoms with E-state index in [1.165, 1.54) is 11.8 Å². The second-order valence-corrected chi connectivity index (χ2v) is 7.08. The summed E-state index contributed by atoms with van der Waals surface area (Å²) >= 11 is 2.94. The van der Waals surface area contributed by atoms with Gasteiger partial charge in [-0.15, -0.1) is 21.5 Å². The molecule has 3 rings (SSSR count). The first-order valence-corrected chi connectivity index (χ1v) is 9.58. The molecule has 3 aromatic rings. The van der Waals surface area contributed by atoms with Gasteiger partial charge in [0, 0.05) is 6.07 Å². The molecular formula is C18H17N3O3S2. The van der Waals surface area contributed by atoms with Crippen LogP contribution in [0.4, 0.5) is 5.69 Å². The van der Waals surface area contributed by atoms with Crippen molar-refractivity contribution in [1.82, 2.24) is 10.2 Å². The van der Waals surface area contributed by atoms with Gasteiger partial charge in [0.15, 0.2) is 0 Å². The Hall–Kier alpha value is -2.58. The Morgan fingerprint density at radius 3 is 2.69 bits per heavy atom. The number of ether oxygens (including phenoxy) is 2. The van der Waals surface area contributed by atoms with Gasteiger partial charge in [-0.25, -0.2) is 0 Å². The summed E-state index contributed by atoms with van der Waals surface area (Å²) in [5, 5.41) is 13.9. The molecule has 0 aliphatic carbocycles. The van der Waals surface area contributed by atoms with Crippen LogP contribution in [-0.4, -0.2) is 36.1 Å². The minimum atomic E-state index is -0.150. The van der Waals surface area contributed by atoms with Gasteiger partial charge >= 0.3 is 0 Å². The number of nitrogens with zero attached hydrogens (tertiary/aromatic N) is 2. The number of hydrogen-bond donors (Lipinski definition) is 1. The lowest BCUT2D eigenvalue weighted by molar-refractivity contribution is -0.113. The van der Waals surface area contributed by atoms with E-state index in [0.29, 0.717) is 22.2 Å². The molecule has 0 fully saturated rings. The first-order chi connectivity index (χ1) is 12.7. The van der Waals surface area contributed by atoms with Crippen molar-refractivity contribution >= 4 is 34.7 Å². The molecule has 2 heterocycles. The van der Waals surface area contributed by atoms with Crippen molar-refractivity contribution in [1.29, 1.82) is 0 Å². The van der Waals surface area contributed by atoms with Gasteiger partial charge in [-0.1, -0.05) is 17.8 Å². The fraction of sp³-hybridized carbons (Fsp3) is 0.167. The van der Waals surface area contributed by atoms with Crippen LogP contribution in [0.5, 0.6) is 11.5 Å². The average molecular weight is 387 g/mol. The van der Waals surface area contributed by atoms with Crippen LogP contribution >= 0.6 is 23.1 Å². The monoisotopic (exact) mass is 387 g/mol. The predicted octanol–water partition coefficient (Wildman–Crippen LogP) is 3.95. The molecular weight excluding hydrogens is 370 g/mol. The van der Waals surface area contributed by atoms with E-state index in [9.17, 15) is 4.79 Å². The van der Waals surface area contributed by atoms with Crippen LogP contribution in [0.2, 0.25) is 0 Å². The fourth-order valence-corrected chi connectivity index (χ4v) is 3.48. The maximum atomic E-state index is 12.2. The molecule has 0 bridgehead atoms. The van der Waals surface area contributed by atoms with Gasteiger partial charge in [0.05, 0.1) is 30.5 Å². The number of anilines is 1. The number of nitrogens with one attached hydrogen (secondary N) is 1. The van der Waals surface area contributed by atoms with Crippen LogP contribution in [0.3, 0.4) is 0 Å². The molecule has 8 heteroatoms. The first kappa shape index (κ1) is 18.2. The van der Waals surface area contributed by atoms with Crippen LogP contribution in [0.15, 0.2) is 52.9 Å². The van der Waals surface area contributed by atoms with E-state index in [-0.39, 0.29) is 11.7 Å². The number of benzene rings is 1. The zero-order chi connectivity index (χ0) is 18.4. The Balaban J connectivity index is 1.57. The van der Waals surface area contributed by atoms with Crippen molar-refractivity contribution in [2.45, 2.75) is 5.03 Å². The maximum Gasteiger partial charge on any atom is 0.234 e. The highest BCUT2D eigenvalue weighted by atomic mass is 32.2. The second kappa shape index (κ2) is 8.68. The summed E-state index contributed by atoms with van der Waals surface area (Å²) in [7, 11) is 3.12. The van der Waals surface area contributed by atoms with Crippen molar-refractivity contribution in [3.63, 3.8) is 0 Å². The van der Waals surface area contributed by atoms with Crippen molar-refractivity contribution in [3.05, 3.63) is 47.8 Å². The number of aromatic nitrogens is 2. The van der Waals surface area contributed by atoms with Gasteiger partial charge < -0.3 is 14.8 Å². The molecule has 0 atom stereocenters. The molecule has 1 amide bonds. The molecule has 134 valence electrons. The number of thioether (sulfide) groups is 1. The number of rotatable bonds is 7. The minimum absolute atomic E-state index is 0.150. The van der Waals surface area contributed by atoms with Gasteiger partial charge in [-0.3, -0.25) is 4.79 Å². The van der Waals surface area contributed by atoms with Gasteiger partial charge in [0.2, 0.25) is 5.91 Å². The van der Waals surface area contributed by atoms with E-state index in [1.54, 1.807) is 43.8 Å². The molecule has 0 saturated carbocycles. The zero-order valence-electron chi connectivity index (χ0n) is 14.3. The smallest absolute Gasteiger partial charge is 0.234 e. The molecule has 0 saturated heterocycles. The topological polar surface area (TPSA) is 73.3 Å². The highest BCUT2D eigenvalue weighted by molar-refractivity contribution is 7.99. The molecule has 1 aromatic carbocycles. The van der Waals surface area contributed by atoms with Crippen LogP contribution in [0, 0.1) is 0 Å². The molecule has 0 aliphatic rings. The van der Waals surface area contributed by atoms with E-state index in [4.69, 9.17) is 9.47 Å². The number of thiophene rings is 1. The fourth-order valence-electron chi connectivity index (χ4n) is 2.18. The molecule has 26 heavy (non-hydrogen) atoms.